The zero-order valence-electron chi connectivity index (χ0n) is 13.1. The van der Waals surface area contributed by atoms with E-state index >= 15 is 0 Å². The summed E-state index contributed by atoms with van der Waals surface area (Å²) in [4.78, 5) is 9.61. The molecule has 0 amide bonds. The minimum Gasteiger partial charge on any atom is -0.370 e. The van der Waals surface area contributed by atoms with Gasteiger partial charge in [-0.1, -0.05) is 18.2 Å². The van der Waals surface area contributed by atoms with Crippen molar-refractivity contribution < 1.29 is 0 Å². The van der Waals surface area contributed by atoms with Crippen molar-refractivity contribution in [1.29, 1.82) is 0 Å². The summed E-state index contributed by atoms with van der Waals surface area (Å²) in [7, 11) is 2.20. The number of pyridine rings is 1. The first-order valence-electron chi connectivity index (χ1n) is 7.92. The zero-order valence-corrected chi connectivity index (χ0v) is 14.6. The van der Waals surface area contributed by atoms with Crippen LogP contribution >= 0.6 is 15.9 Å². The molecule has 0 bridgehead atoms. The molecule has 0 saturated carbocycles. The summed E-state index contributed by atoms with van der Waals surface area (Å²) in [6, 6.07) is 10.3. The molecule has 1 saturated heterocycles. The molecular formula is C17H23BrN4. The van der Waals surface area contributed by atoms with E-state index in [1.165, 1.54) is 26.2 Å². The number of para-hydroxylation sites is 1. The quantitative estimate of drug-likeness (QED) is 0.828. The van der Waals surface area contributed by atoms with Gasteiger partial charge in [-0.15, -0.1) is 0 Å². The number of rotatable bonds is 5. The van der Waals surface area contributed by atoms with Crippen LogP contribution in [0.2, 0.25) is 0 Å². The second-order valence-electron chi connectivity index (χ2n) is 5.93. The normalized spacial score (nSPS) is 17.0. The van der Waals surface area contributed by atoms with Gasteiger partial charge in [0.25, 0.3) is 0 Å². The van der Waals surface area contributed by atoms with E-state index in [2.05, 4.69) is 61.3 Å². The van der Waals surface area contributed by atoms with Crippen LogP contribution in [-0.4, -0.2) is 61.1 Å². The topological polar surface area (TPSA) is 31.4 Å². The number of hydrogen-bond donors (Lipinski definition) is 1. The Morgan fingerprint density at radius 2 is 1.95 bits per heavy atom. The van der Waals surface area contributed by atoms with Crippen LogP contribution in [0.15, 0.2) is 34.8 Å². The number of anilines is 1. The van der Waals surface area contributed by atoms with Gasteiger partial charge in [-0.2, -0.15) is 0 Å². The van der Waals surface area contributed by atoms with E-state index in [-0.39, 0.29) is 0 Å². The highest BCUT2D eigenvalue weighted by molar-refractivity contribution is 9.10. The number of piperazine rings is 1. The largest absolute Gasteiger partial charge is 0.370 e. The van der Waals surface area contributed by atoms with Crippen LogP contribution in [0, 0.1) is 0 Å². The third-order valence-electron chi connectivity index (χ3n) is 4.22. The first kappa shape index (κ1) is 15.7. The first-order valence-corrected chi connectivity index (χ1v) is 8.72. The Bertz CT molecular complexity index is 623. The maximum Gasteiger partial charge on any atom is 0.127 e. The van der Waals surface area contributed by atoms with Crippen molar-refractivity contribution in [2.75, 3.05) is 51.6 Å². The summed E-state index contributed by atoms with van der Waals surface area (Å²) in [5.41, 5.74) is 1.03. The second kappa shape index (κ2) is 7.40. The Morgan fingerprint density at radius 1 is 1.18 bits per heavy atom. The van der Waals surface area contributed by atoms with Crippen LogP contribution in [0.1, 0.15) is 6.42 Å². The average Bonchev–Trinajstić information content (AvgIpc) is 2.53. The van der Waals surface area contributed by atoms with E-state index in [4.69, 9.17) is 0 Å². The van der Waals surface area contributed by atoms with Crippen molar-refractivity contribution in [2.45, 2.75) is 6.42 Å². The predicted octanol–water partition coefficient (Wildman–Crippen LogP) is 3.05. The third-order valence-corrected chi connectivity index (χ3v) is 4.87. The molecule has 118 valence electrons. The van der Waals surface area contributed by atoms with Crippen molar-refractivity contribution in [3.05, 3.63) is 34.8 Å². The van der Waals surface area contributed by atoms with E-state index < -0.39 is 0 Å². The monoisotopic (exact) mass is 362 g/mol. The molecule has 2 heterocycles. The van der Waals surface area contributed by atoms with Gasteiger partial charge in [0.15, 0.2) is 0 Å². The molecule has 3 rings (SSSR count). The van der Waals surface area contributed by atoms with Crippen LogP contribution in [0.3, 0.4) is 0 Å². The molecule has 1 aromatic carbocycles. The predicted molar refractivity (Wildman–Crippen MR) is 96.5 cm³/mol. The fourth-order valence-electron chi connectivity index (χ4n) is 2.81. The molecule has 5 heteroatoms. The van der Waals surface area contributed by atoms with E-state index in [1.54, 1.807) is 0 Å². The summed E-state index contributed by atoms with van der Waals surface area (Å²) in [6.07, 6.45) is 1.15. The van der Waals surface area contributed by atoms with Gasteiger partial charge in [0.05, 0.1) is 5.52 Å². The Balaban J connectivity index is 1.49. The standard InChI is InChI=1S/C17H23BrN4/c1-21-9-11-22(12-10-21)8-4-7-19-17-13-15(18)14-5-2-3-6-16(14)20-17/h2-3,5-6,13H,4,7-12H2,1H3,(H,19,20). The van der Waals surface area contributed by atoms with Gasteiger partial charge in [-0.05, 0) is 48.1 Å². The number of nitrogens with one attached hydrogen (secondary N) is 1. The Kier molecular flexibility index (Phi) is 5.28. The molecular weight excluding hydrogens is 340 g/mol. The molecule has 1 aliphatic rings. The summed E-state index contributed by atoms with van der Waals surface area (Å²) >= 11 is 3.63. The Hall–Kier alpha value is -1.17. The van der Waals surface area contributed by atoms with Crippen LogP contribution in [0.4, 0.5) is 5.82 Å². The summed E-state index contributed by atoms with van der Waals surface area (Å²) in [5, 5.41) is 4.61. The minimum absolute atomic E-state index is 0.948. The summed E-state index contributed by atoms with van der Waals surface area (Å²) in [5.74, 6) is 0.948. The van der Waals surface area contributed by atoms with Gasteiger partial charge in [-0.3, -0.25) is 0 Å². The highest BCUT2D eigenvalue weighted by Gasteiger charge is 2.12. The Morgan fingerprint density at radius 3 is 2.77 bits per heavy atom. The van der Waals surface area contributed by atoms with Crippen molar-refractivity contribution in [2.24, 2.45) is 0 Å². The van der Waals surface area contributed by atoms with Crippen LogP contribution in [0.5, 0.6) is 0 Å². The van der Waals surface area contributed by atoms with E-state index in [1.807, 2.05) is 12.1 Å². The molecule has 0 spiro atoms. The lowest BCUT2D eigenvalue weighted by Gasteiger charge is -2.32. The van der Waals surface area contributed by atoms with Gasteiger partial charge in [0.1, 0.15) is 5.82 Å². The molecule has 0 atom stereocenters. The first-order chi connectivity index (χ1) is 10.7. The van der Waals surface area contributed by atoms with E-state index in [0.29, 0.717) is 0 Å². The van der Waals surface area contributed by atoms with Crippen LogP contribution in [-0.2, 0) is 0 Å². The lowest BCUT2D eigenvalue weighted by atomic mass is 10.2. The minimum atomic E-state index is 0.948. The number of fused-ring (bicyclic) bond motifs is 1. The molecule has 1 fully saturated rings. The smallest absolute Gasteiger partial charge is 0.127 e. The maximum absolute atomic E-state index is 4.67. The van der Waals surface area contributed by atoms with Crippen molar-refractivity contribution in [1.82, 2.24) is 14.8 Å². The van der Waals surface area contributed by atoms with E-state index in [9.17, 15) is 0 Å². The molecule has 0 unspecified atom stereocenters. The van der Waals surface area contributed by atoms with Crippen LogP contribution in [0.25, 0.3) is 10.9 Å². The summed E-state index contributed by atoms with van der Waals surface area (Å²) < 4.78 is 1.10. The van der Waals surface area contributed by atoms with Gasteiger partial charge in [-0.25, -0.2) is 4.98 Å². The van der Waals surface area contributed by atoms with Gasteiger partial charge in [0.2, 0.25) is 0 Å². The molecule has 1 aliphatic heterocycles. The van der Waals surface area contributed by atoms with Gasteiger partial charge in [0, 0.05) is 42.6 Å². The highest BCUT2D eigenvalue weighted by atomic mass is 79.9. The fraction of sp³-hybridized carbons (Fsp3) is 0.471. The van der Waals surface area contributed by atoms with Crippen LogP contribution < -0.4 is 5.32 Å². The lowest BCUT2D eigenvalue weighted by molar-refractivity contribution is 0.154. The molecule has 2 aromatic rings. The second-order valence-corrected chi connectivity index (χ2v) is 6.79. The molecule has 0 aliphatic carbocycles. The number of hydrogen-bond acceptors (Lipinski definition) is 4. The molecule has 22 heavy (non-hydrogen) atoms. The number of nitrogens with zero attached hydrogens (tertiary/aromatic N) is 3. The average molecular weight is 363 g/mol. The lowest BCUT2D eigenvalue weighted by Crippen LogP contribution is -2.44. The number of likely N-dealkylation sites (N-methyl/N-ethyl adjacent to an activating group) is 1. The van der Waals surface area contributed by atoms with Gasteiger partial charge >= 0.3 is 0 Å². The zero-order chi connectivity index (χ0) is 15.4. The third kappa shape index (κ3) is 3.97. The maximum atomic E-state index is 4.67. The SMILES string of the molecule is CN1CCN(CCCNc2cc(Br)c3ccccc3n2)CC1. The number of halogens is 1. The highest BCUT2D eigenvalue weighted by Crippen LogP contribution is 2.25. The Labute approximate surface area is 140 Å². The van der Waals surface area contributed by atoms with Crippen molar-refractivity contribution in [3.63, 3.8) is 0 Å². The van der Waals surface area contributed by atoms with Crippen molar-refractivity contribution in [3.8, 4) is 0 Å². The molecule has 4 nitrogen and oxygen atoms in total. The van der Waals surface area contributed by atoms with E-state index in [0.717, 1.165) is 40.7 Å². The van der Waals surface area contributed by atoms with Gasteiger partial charge < -0.3 is 15.1 Å². The summed E-state index contributed by atoms with van der Waals surface area (Å²) in [6.45, 7) is 6.88. The number of aromatic nitrogens is 1. The molecule has 1 aromatic heterocycles. The van der Waals surface area contributed by atoms with Crippen molar-refractivity contribution >= 4 is 32.7 Å². The number of benzene rings is 1. The molecule has 1 N–H and O–H groups in total. The fourth-order valence-corrected chi connectivity index (χ4v) is 3.37. The molecule has 0 radical (unpaired) electrons.